The van der Waals surface area contributed by atoms with Crippen LogP contribution >= 0.6 is 0 Å². The molecule has 0 aliphatic carbocycles. The Morgan fingerprint density at radius 1 is 1.18 bits per heavy atom. The molecule has 0 atom stereocenters. The van der Waals surface area contributed by atoms with Gasteiger partial charge in [0.1, 0.15) is 5.75 Å². The number of hydrogen-bond acceptors (Lipinski definition) is 3. The molecule has 0 bridgehead atoms. The van der Waals surface area contributed by atoms with Gasteiger partial charge < -0.3 is 4.74 Å². The third-order valence-electron chi connectivity index (χ3n) is 4.11. The molecular formula is C16H26N2O3S. The first kappa shape index (κ1) is 17.2. The Morgan fingerprint density at radius 3 is 2.41 bits per heavy atom. The van der Waals surface area contributed by atoms with E-state index in [2.05, 4.69) is 0 Å². The summed E-state index contributed by atoms with van der Waals surface area (Å²) >= 11 is 0. The molecule has 6 heteroatoms. The van der Waals surface area contributed by atoms with Crippen LogP contribution in [0.5, 0.6) is 5.75 Å². The number of rotatable bonds is 5. The summed E-state index contributed by atoms with van der Waals surface area (Å²) in [6.45, 7) is 3.56. The molecule has 0 unspecified atom stereocenters. The van der Waals surface area contributed by atoms with Gasteiger partial charge in [0.15, 0.2) is 0 Å². The first-order chi connectivity index (χ1) is 10.4. The van der Waals surface area contributed by atoms with E-state index in [1.807, 2.05) is 25.1 Å². The van der Waals surface area contributed by atoms with Crippen LogP contribution in [0, 0.1) is 6.92 Å². The SMILES string of the molecule is COc1ccc(C)cc1CN(C)S(=O)(=O)N1CCCCCC1. The van der Waals surface area contributed by atoms with Gasteiger partial charge in [-0.2, -0.15) is 17.0 Å². The van der Waals surface area contributed by atoms with Gasteiger partial charge in [-0.15, -0.1) is 0 Å². The smallest absolute Gasteiger partial charge is 0.282 e. The summed E-state index contributed by atoms with van der Waals surface area (Å²) in [5.74, 6) is 0.725. The predicted molar refractivity (Wildman–Crippen MR) is 88.2 cm³/mol. The zero-order valence-electron chi connectivity index (χ0n) is 13.7. The molecule has 0 aromatic heterocycles. The van der Waals surface area contributed by atoms with Crippen molar-refractivity contribution < 1.29 is 13.2 Å². The molecule has 0 radical (unpaired) electrons. The Morgan fingerprint density at radius 2 is 1.82 bits per heavy atom. The Hall–Kier alpha value is -1.11. The summed E-state index contributed by atoms with van der Waals surface area (Å²) in [5.41, 5.74) is 1.99. The molecule has 1 aliphatic rings. The van der Waals surface area contributed by atoms with Crippen molar-refractivity contribution in [3.05, 3.63) is 29.3 Å². The summed E-state index contributed by atoms with van der Waals surface area (Å²) in [7, 11) is -0.161. The van der Waals surface area contributed by atoms with Crippen LogP contribution in [0.25, 0.3) is 0 Å². The number of hydrogen-bond donors (Lipinski definition) is 0. The lowest BCUT2D eigenvalue weighted by Gasteiger charge is -2.27. The number of ether oxygens (including phenoxy) is 1. The van der Waals surface area contributed by atoms with E-state index in [1.54, 1.807) is 18.5 Å². The highest BCUT2D eigenvalue weighted by Crippen LogP contribution is 2.23. The van der Waals surface area contributed by atoms with E-state index in [-0.39, 0.29) is 0 Å². The molecule has 22 heavy (non-hydrogen) atoms. The van der Waals surface area contributed by atoms with Gasteiger partial charge in [-0.1, -0.05) is 30.5 Å². The van der Waals surface area contributed by atoms with Crippen LogP contribution in [0.15, 0.2) is 18.2 Å². The van der Waals surface area contributed by atoms with Crippen molar-refractivity contribution in [2.75, 3.05) is 27.2 Å². The molecule has 5 nitrogen and oxygen atoms in total. The molecule has 1 fully saturated rings. The van der Waals surface area contributed by atoms with Crippen molar-refractivity contribution in [2.45, 2.75) is 39.2 Å². The van der Waals surface area contributed by atoms with Crippen LogP contribution in [0.4, 0.5) is 0 Å². The maximum Gasteiger partial charge on any atom is 0.282 e. The summed E-state index contributed by atoms with van der Waals surface area (Å²) in [4.78, 5) is 0. The summed E-state index contributed by atoms with van der Waals surface area (Å²) in [6.07, 6.45) is 4.12. The van der Waals surface area contributed by atoms with Crippen LogP contribution in [-0.4, -0.2) is 44.3 Å². The van der Waals surface area contributed by atoms with E-state index in [0.717, 1.165) is 42.6 Å². The zero-order chi connectivity index (χ0) is 16.2. The topological polar surface area (TPSA) is 49.9 Å². The molecule has 1 aromatic carbocycles. The Labute approximate surface area is 134 Å². The van der Waals surface area contributed by atoms with Crippen molar-refractivity contribution in [3.63, 3.8) is 0 Å². The monoisotopic (exact) mass is 326 g/mol. The molecule has 1 aliphatic heterocycles. The largest absolute Gasteiger partial charge is 0.496 e. The molecule has 0 saturated carbocycles. The molecule has 0 amide bonds. The van der Waals surface area contributed by atoms with Gasteiger partial charge in [0, 0.05) is 32.2 Å². The minimum Gasteiger partial charge on any atom is -0.496 e. The second-order valence-corrected chi connectivity index (χ2v) is 7.93. The quantitative estimate of drug-likeness (QED) is 0.835. The molecule has 2 rings (SSSR count). The first-order valence-electron chi connectivity index (χ1n) is 7.80. The molecule has 124 valence electrons. The summed E-state index contributed by atoms with van der Waals surface area (Å²) < 4.78 is 33.9. The fourth-order valence-electron chi connectivity index (χ4n) is 2.82. The van der Waals surface area contributed by atoms with Crippen LogP contribution in [0.3, 0.4) is 0 Å². The second kappa shape index (κ2) is 7.44. The standard InChI is InChI=1S/C16H26N2O3S/c1-14-8-9-16(21-3)15(12-14)13-17(2)22(19,20)18-10-6-4-5-7-11-18/h8-9,12H,4-7,10-11,13H2,1-3H3. The van der Waals surface area contributed by atoms with Crippen molar-refractivity contribution >= 4 is 10.2 Å². The van der Waals surface area contributed by atoms with Crippen molar-refractivity contribution in [1.29, 1.82) is 0 Å². The van der Waals surface area contributed by atoms with E-state index < -0.39 is 10.2 Å². The van der Waals surface area contributed by atoms with E-state index in [0.29, 0.717) is 19.6 Å². The average molecular weight is 326 g/mol. The predicted octanol–water partition coefficient (Wildman–Crippen LogP) is 2.56. The van der Waals surface area contributed by atoms with E-state index in [9.17, 15) is 8.42 Å². The second-order valence-electron chi connectivity index (χ2n) is 5.89. The van der Waals surface area contributed by atoms with Crippen LogP contribution in [0.2, 0.25) is 0 Å². The molecule has 0 N–H and O–H groups in total. The lowest BCUT2D eigenvalue weighted by molar-refractivity contribution is 0.356. The normalized spacial score (nSPS) is 17.5. The Bertz CT molecular complexity index is 593. The number of aryl methyl sites for hydroxylation is 1. The molecule has 1 heterocycles. The van der Waals surface area contributed by atoms with E-state index in [1.165, 1.54) is 4.31 Å². The fourth-order valence-corrected chi connectivity index (χ4v) is 4.24. The van der Waals surface area contributed by atoms with Gasteiger partial charge in [-0.05, 0) is 25.8 Å². The first-order valence-corrected chi connectivity index (χ1v) is 9.20. The lowest BCUT2D eigenvalue weighted by atomic mass is 10.1. The van der Waals surface area contributed by atoms with Gasteiger partial charge in [-0.25, -0.2) is 0 Å². The fraction of sp³-hybridized carbons (Fsp3) is 0.625. The highest BCUT2D eigenvalue weighted by molar-refractivity contribution is 7.86. The van der Waals surface area contributed by atoms with Gasteiger partial charge in [0.25, 0.3) is 10.2 Å². The van der Waals surface area contributed by atoms with Gasteiger partial charge in [-0.3, -0.25) is 0 Å². The van der Waals surface area contributed by atoms with Gasteiger partial charge in [0.2, 0.25) is 0 Å². The van der Waals surface area contributed by atoms with Crippen LogP contribution in [0.1, 0.15) is 36.8 Å². The third-order valence-corrected chi connectivity index (χ3v) is 6.05. The molecule has 1 saturated heterocycles. The number of nitrogens with zero attached hydrogens (tertiary/aromatic N) is 2. The number of methoxy groups -OCH3 is 1. The Balaban J connectivity index is 2.16. The van der Waals surface area contributed by atoms with E-state index >= 15 is 0 Å². The zero-order valence-corrected chi connectivity index (χ0v) is 14.5. The minimum absolute atomic E-state index is 0.323. The van der Waals surface area contributed by atoms with E-state index in [4.69, 9.17) is 4.74 Å². The third kappa shape index (κ3) is 4.00. The summed E-state index contributed by atoms with van der Waals surface area (Å²) in [6, 6.07) is 5.83. The maximum atomic E-state index is 12.7. The van der Waals surface area contributed by atoms with Gasteiger partial charge >= 0.3 is 0 Å². The van der Waals surface area contributed by atoms with Crippen LogP contribution < -0.4 is 4.74 Å². The molecule has 0 spiro atoms. The highest BCUT2D eigenvalue weighted by Gasteiger charge is 2.28. The van der Waals surface area contributed by atoms with Crippen LogP contribution in [-0.2, 0) is 16.8 Å². The number of benzene rings is 1. The molecular weight excluding hydrogens is 300 g/mol. The lowest BCUT2D eigenvalue weighted by Crippen LogP contribution is -2.42. The Kier molecular flexibility index (Phi) is 5.83. The average Bonchev–Trinajstić information content (AvgIpc) is 2.77. The summed E-state index contributed by atoms with van der Waals surface area (Å²) in [5, 5.41) is 0. The minimum atomic E-state index is -3.41. The van der Waals surface area contributed by atoms with Crippen molar-refractivity contribution in [3.8, 4) is 5.75 Å². The highest BCUT2D eigenvalue weighted by atomic mass is 32.2. The van der Waals surface area contributed by atoms with Gasteiger partial charge in [0.05, 0.1) is 7.11 Å². The van der Waals surface area contributed by atoms with Crippen molar-refractivity contribution in [2.24, 2.45) is 0 Å². The molecule has 1 aromatic rings. The maximum absolute atomic E-state index is 12.7. The van der Waals surface area contributed by atoms with Crippen molar-refractivity contribution in [1.82, 2.24) is 8.61 Å².